The normalized spacial score (nSPS) is 16.2. The van der Waals surface area contributed by atoms with Gasteiger partial charge in [-0.2, -0.15) is 0 Å². The van der Waals surface area contributed by atoms with E-state index in [-0.39, 0.29) is 12.0 Å². The molecule has 0 spiro atoms. The number of ether oxygens (including phenoxy) is 1. The van der Waals surface area contributed by atoms with Crippen molar-refractivity contribution in [1.82, 2.24) is 0 Å². The Hall–Kier alpha value is -0.830. The summed E-state index contributed by atoms with van der Waals surface area (Å²) in [6.07, 6.45) is 3.81. The van der Waals surface area contributed by atoms with Gasteiger partial charge in [0, 0.05) is 19.1 Å². The Kier molecular flexibility index (Phi) is 5.37. The summed E-state index contributed by atoms with van der Waals surface area (Å²) in [6, 6.07) is 0. The Bertz CT molecular complexity index is 159. The molecule has 1 N–H and O–H groups in total. The van der Waals surface area contributed by atoms with Crippen LogP contribution in [-0.4, -0.2) is 24.3 Å². The van der Waals surface area contributed by atoms with E-state index in [0.29, 0.717) is 0 Å². The number of rotatable bonds is 5. The average Bonchev–Trinajstić information content (AvgIpc) is 2.03. The van der Waals surface area contributed by atoms with Crippen molar-refractivity contribution in [2.24, 2.45) is 5.92 Å². The first-order valence-electron chi connectivity index (χ1n) is 4.05. The molecular formula is C9H16O3. The third-order valence-electron chi connectivity index (χ3n) is 1.83. The summed E-state index contributed by atoms with van der Waals surface area (Å²) in [5.41, 5.74) is 0. The third-order valence-corrected chi connectivity index (χ3v) is 1.83. The molecule has 0 aliphatic rings. The highest BCUT2D eigenvalue weighted by atomic mass is 16.5. The molecule has 0 aromatic rings. The first kappa shape index (κ1) is 11.2. The molecule has 0 aliphatic heterocycles. The van der Waals surface area contributed by atoms with Gasteiger partial charge < -0.3 is 9.84 Å². The lowest BCUT2D eigenvalue weighted by atomic mass is 10.0. The summed E-state index contributed by atoms with van der Waals surface area (Å²) < 4.78 is 5.15. The average molecular weight is 172 g/mol. The second kappa shape index (κ2) is 5.77. The predicted octanol–water partition coefficient (Wildman–Crippen LogP) is 1.69. The van der Waals surface area contributed by atoms with Crippen LogP contribution in [0.15, 0.2) is 12.2 Å². The lowest BCUT2D eigenvalue weighted by Crippen LogP contribution is -2.17. The van der Waals surface area contributed by atoms with Crippen molar-refractivity contribution in [3.05, 3.63) is 12.2 Å². The number of carbonyl (C=O) groups is 1. The van der Waals surface area contributed by atoms with Crippen LogP contribution in [0.1, 0.15) is 20.3 Å². The van der Waals surface area contributed by atoms with Gasteiger partial charge in [0.25, 0.3) is 0 Å². The van der Waals surface area contributed by atoms with Gasteiger partial charge >= 0.3 is 5.97 Å². The van der Waals surface area contributed by atoms with Gasteiger partial charge in [-0.1, -0.05) is 19.9 Å². The molecule has 0 bridgehead atoms. The van der Waals surface area contributed by atoms with E-state index in [4.69, 9.17) is 9.84 Å². The second-order valence-electron chi connectivity index (χ2n) is 2.74. The minimum absolute atomic E-state index is 0.112. The topological polar surface area (TPSA) is 46.5 Å². The quantitative estimate of drug-likeness (QED) is 0.642. The molecule has 0 aromatic heterocycles. The van der Waals surface area contributed by atoms with Gasteiger partial charge in [0.2, 0.25) is 0 Å². The maximum Gasteiger partial charge on any atom is 0.327 e. The van der Waals surface area contributed by atoms with E-state index in [0.717, 1.165) is 12.5 Å². The highest BCUT2D eigenvalue weighted by Gasteiger charge is 2.11. The van der Waals surface area contributed by atoms with E-state index in [1.807, 2.05) is 13.8 Å². The maximum atomic E-state index is 10.2. The molecule has 0 radical (unpaired) electrons. The summed E-state index contributed by atoms with van der Waals surface area (Å²) in [7, 11) is 1.64. The van der Waals surface area contributed by atoms with Crippen LogP contribution in [0.4, 0.5) is 0 Å². The number of methoxy groups -OCH3 is 1. The number of carboxylic acids is 1. The van der Waals surface area contributed by atoms with Crippen LogP contribution in [-0.2, 0) is 9.53 Å². The molecule has 0 aliphatic carbocycles. The molecular weight excluding hydrogens is 156 g/mol. The molecule has 0 amide bonds. The summed E-state index contributed by atoms with van der Waals surface area (Å²) in [6.45, 7) is 3.95. The maximum absolute atomic E-state index is 10.2. The Morgan fingerprint density at radius 2 is 2.25 bits per heavy atom. The molecule has 2 unspecified atom stereocenters. The van der Waals surface area contributed by atoms with E-state index in [1.54, 1.807) is 13.2 Å². The summed E-state index contributed by atoms with van der Waals surface area (Å²) in [4.78, 5) is 10.2. The van der Waals surface area contributed by atoms with Gasteiger partial charge in [0.15, 0.2) is 0 Å². The Morgan fingerprint density at radius 1 is 1.67 bits per heavy atom. The van der Waals surface area contributed by atoms with Crippen molar-refractivity contribution in [2.75, 3.05) is 7.11 Å². The van der Waals surface area contributed by atoms with Crippen molar-refractivity contribution in [3.8, 4) is 0 Å². The molecule has 0 fully saturated rings. The van der Waals surface area contributed by atoms with Crippen LogP contribution in [0.3, 0.4) is 0 Å². The lowest BCUT2D eigenvalue weighted by molar-refractivity contribution is -0.131. The number of hydrogen-bond donors (Lipinski definition) is 1. The molecule has 0 heterocycles. The molecule has 2 atom stereocenters. The van der Waals surface area contributed by atoms with Crippen molar-refractivity contribution in [1.29, 1.82) is 0 Å². The zero-order chi connectivity index (χ0) is 9.56. The lowest BCUT2D eigenvalue weighted by Gasteiger charge is -2.17. The SMILES string of the molecule is CCC(OC)C(C)C=CC(=O)O. The van der Waals surface area contributed by atoms with Crippen molar-refractivity contribution in [3.63, 3.8) is 0 Å². The standard InChI is InChI=1S/C9H16O3/c1-4-8(12-3)7(2)5-6-9(10)11/h5-8H,4H2,1-3H3,(H,10,11). The van der Waals surface area contributed by atoms with Crippen molar-refractivity contribution >= 4 is 5.97 Å². The molecule has 3 heteroatoms. The van der Waals surface area contributed by atoms with Gasteiger partial charge in [-0.15, -0.1) is 0 Å². The van der Waals surface area contributed by atoms with E-state index in [9.17, 15) is 4.79 Å². The Morgan fingerprint density at radius 3 is 2.58 bits per heavy atom. The van der Waals surface area contributed by atoms with Crippen molar-refractivity contribution < 1.29 is 14.6 Å². The minimum Gasteiger partial charge on any atom is -0.478 e. The fourth-order valence-electron chi connectivity index (χ4n) is 1.11. The second-order valence-corrected chi connectivity index (χ2v) is 2.74. The van der Waals surface area contributed by atoms with E-state index >= 15 is 0 Å². The van der Waals surface area contributed by atoms with E-state index in [2.05, 4.69) is 0 Å². The first-order valence-corrected chi connectivity index (χ1v) is 4.05. The van der Waals surface area contributed by atoms with Crippen LogP contribution in [0.25, 0.3) is 0 Å². The zero-order valence-electron chi connectivity index (χ0n) is 7.78. The summed E-state index contributed by atoms with van der Waals surface area (Å²) in [5.74, 6) is -0.760. The summed E-state index contributed by atoms with van der Waals surface area (Å²) in [5, 5.41) is 8.36. The zero-order valence-corrected chi connectivity index (χ0v) is 7.78. The van der Waals surface area contributed by atoms with Crippen molar-refractivity contribution in [2.45, 2.75) is 26.4 Å². The fourth-order valence-corrected chi connectivity index (χ4v) is 1.11. The van der Waals surface area contributed by atoms with E-state index in [1.165, 1.54) is 0 Å². The smallest absolute Gasteiger partial charge is 0.327 e. The van der Waals surface area contributed by atoms with Crippen LogP contribution in [0.5, 0.6) is 0 Å². The number of hydrogen-bond acceptors (Lipinski definition) is 2. The first-order chi connectivity index (χ1) is 5.61. The molecule has 12 heavy (non-hydrogen) atoms. The molecule has 0 aromatic carbocycles. The van der Waals surface area contributed by atoms with Crippen LogP contribution < -0.4 is 0 Å². The molecule has 0 saturated carbocycles. The largest absolute Gasteiger partial charge is 0.478 e. The van der Waals surface area contributed by atoms with Crippen LogP contribution in [0, 0.1) is 5.92 Å². The van der Waals surface area contributed by atoms with Crippen LogP contribution >= 0.6 is 0 Å². The highest BCUT2D eigenvalue weighted by Crippen LogP contribution is 2.11. The molecule has 0 saturated heterocycles. The number of aliphatic carboxylic acids is 1. The summed E-state index contributed by atoms with van der Waals surface area (Å²) >= 11 is 0. The Balaban J connectivity index is 3.99. The van der Waals surface area contributed by atoms with Gasteiger partial charge in [0.1, 0.15) is 0 Å². The van der Waals surface area contributed by atoms with Gasteiger partial charge in [0.05, 0.1) is 6.10 Å². The third kappa shape index (κ3) is 4.13. The molecule has 70 valence electrons. The molecule has 0 rings (SSSR count). The van der Waals surface area contributed by atoms with E-state index < -0.39 is 5.97 Å². The van der Waals surface area contributed by atoms with Crippen LogP contribution in [0.2, 0.25) is 0 Å². The monoisotopic (exact) mass is 172 g/mol. The van der Waals surface area contributed by atoms with Gasteiger partial charge in [-0.3, -0.25) is 0 Å². The Labute approximate surface area is 73.0 Å². The fraction of sp³-hybridized carbons (Fsp3) is 0.667. The molecule has 3 nitrogen and oxygen atoms in total. The minimum atomic E-state index is -0.909. The number of carboxylic acid groups (broad SMARTS) is 1. The van der Waals surface area contributed by atoms with Gasteiger partial charge in [-0.25, -0.2) is 4.79 Å². The highest BCUT2D eigenvalue weighted by molar-refractivity contribution is 5.79. The predicted molar refractivity (Wildman–Crippen MR) is 47.0 cm³/mol. The van der Waals surface area contributed by atoms with Gasteiger partial charge in [-0.05, 0) is 6.42 Å².